The Morgan fingerprint density at radius 3 is 1.96 bits per heavy atom. The molecule has 0 amide bonds. The summed E-state index contributed by atoms with van der Waals surface area (Å²) in [5.41, 5.74) is 12.7. The third-order valence-electron chi connectivity index (χ3n) is 7.01. The van der Waals surface area contributed by atoms with Gasteiger partial charge in [0.1, 0.15) is 5.82 Å². The van der Waals surface area contributed by atoms with Crippen molar-refractivity contribution >= 4 is 41.7 Å². The van der Waals surface area contributed by atoms with Crippen LogP contribution in [0.25, 0.3) is 24.3 Å². The van der Waals surface area contributed by atoms with E-state index in [0.29, 0.717) is 0 Å². The molecule has 1 aromatic carbocycles. The number of rotatable bonds is 12. The van der Waals surface area contributed by atoms with Crippen LogP contribution in [0, 0.1) is 0 Å². The molecule has 2 N–H and O–H groups in total. The van der Waals surface area contributed by atoms with Gasteiger partial charge in [0.05, 0.1) is 0 Å². The molecule has 1 unspecified atom stereocenters. The molecular weight excluding hydrogens is 579 g/mol. The molecule has 1 atom stereocenters. The maximum atomic E-state index is 5.87. The minimum absolute atomic E-state index is 0.144. The second-order valence-corrected chi connectivity index (χ2v) is 11.3. The van der Waals surface area contributed by atoms with Crippen molar-refractivity contribution in [1.82, 2.24) is 4.37 Å². The number of hydrogen-bond acceptors (Lipinski definition) is 4. The zero-order valence-electron chi connectivity index (χ0n) is 32.1. The van der Waals surface area contributed by atoms with E-state index in [1.165, 1.54) is 41.9 Å². The normalized spacial score (nSPS) is 11.8. The fourth-order valence-electron chi connectivity index (χ4n) is 4.22. The van der Waals surface area contributed by atoms with E-state index in [1.54, 1.807) is 11.5 Å². The Bertz CT molecular complexity index is 1160. The number of fused-ring (bicyclic) bond motifs is 1. The van der Waals surface area contributed by atoms with Gasteiger partial charge in [-0.25, -0.2) is 0 Å². The van der Waals surface area contributed by atoms with E-state index in [9.17, 15) is 0 Å². The van der Waals surface area contributed by atoms with Crippen molar-refractivity contribution in [2.24, 2.45) is 5.73 Å². The average Bonchev–Trinajstić information content (AvgIpc) is 3.54. The fourth-order valence-corrected chi connectivity index (χ4v) is 5.10. The highest BCUT2D eigenvalue weighted by atomic mass is 32.1. The second kappa shape index (κ2) is 29.5. The SMILES string of the molecule is C=C(CC)C(C)(N)CC.C=Cc1cccc(/C=C/C(=C)C)c1C=C.CC.CC.CC.CCCN(CCC)c1nsc2c1C=CCC2. The summed E-state index contributed by atoms with van der Waals surface area (Å²) in [5, 5.41) is 0. The Balaban J connectivity index is -0.000000574. The predicted molar refractivity (Wildman–Crippen MR) is 219 cm³/mol. The summed E-state index contributed by atoms with van der Waals surface area (Å²) in [4.78, 5) is 3.90. The molecule has 46 heavy (non-hydrogen) atoms. The summed E-state index contributed by atoms with van der Waals surface area (Å²) in [6.45, 7) is 42.2. The van der Waals surface area contributed by atoms with E-state index in [0.717, 1.165) is 53.8 Å². The molecule has 0 aliphatic heterocycles. The number of nitrogens with two attached hydrogens (primary N) is 1. The lowest BCUT2D eigenvalue weighted by molar-refractivity contribution is 0.518. The molecule has 4 heteroatoms. The molecule has 0 saturated carbocycles. The lowest BCUT2D eigenvalue weighted by Crippen LogP contribution is -2.36. The van der Waals surface area contributed by atoms with Gasteiger partial charge in [0, 0.05) is 29.1 Å². The third-order valence-corrected chi connectivity index (χ3v) is 7.92. The van der Waals surface area contributed by atoms with Crippen LogP contribution in [0.15, 0.2) is 67.8 Å². The van der Waals surface area contributed by atoms with Crippen LogP contribution in [0.4, 0.5) is 5.82 Å². The van der Waals surface area contributed by atoms with Gasteiger partial charge in [-0.1, -0.05) is 161 Å². The molecule has 0 saturated heterocycles. The number of benzene rings is 1. The van der Waals surface area contributed by atoms with E-state index < -0.39 is 0 Å². The first-order valence-electron chi connectivity index (χ1n) is 17.7. The number of anilines is 1. The van der Waals surface area contributed by atoms with Crippen molar-refractivity contribution < 1.29 is 0 Å². The van der Waals surface area contributed by atoms with Crippen LogP contribution in [0.3, 0.4) is 0 Å². The Morgan fingerprint density at radius 1 is 0.957 bits per heavy atom. The minimum atomic E-state index is -0.144. The predicted octanol–water partition coefficient (Wildman–Crippen LogP) is 13.4. The van der Waals surface area contributed by atoms with Crippen LogP contribution < -0.4 is 10.6 Å². The first-order chi connectivity index (χ1) is 22.1. The van der Waals surface area contributed by atoms with Crippen LogP contribution in [0.5, 0.6) is 0 Å². The molecule has 3 nitrogen and oxygen atoms in total. The van der Waals surface area contributed by atoms with E-state index in [4.69, 9.17) is 5.73 Å². The highest BCUT2D eigenvalue weighted by Crippen LogP contribution is 2.32. The third kappa shape index (κ3) is 17.7. The lowest BCUT2D eigenvalue weighted by Gasteiger charge is -2.24. The van der Waals surface area contributed by atoms with Crippen LogP contribution >= 0.6 is 11.5 Å². The van der Waals surface area contributed by atoms with Gasteiger partial charge in [0.25, 0.3) is 0 Å². The first kappa shape index (κ1) is 47.5. The molecular formula is C42H71N3S. The number of aryl methyl sites for hydroxylation is 1. The molecule has 3 rings (SSSR count). The van der Waals surface area contributed by atoms with E-state index >= 15 is 0 Å². The van der Waals surface area contributed by atoms with Gasteiger partial charge in [0.15, 0.2) is 0 Å². The van der Waals surface area contributed by atoms with Gasteiger partial charge in [-0.15, -0.1) is 0 Å². The van der Waals surface area contributed by atoms with Crippen LogP contribution in [0.1, 0.15) is 142 Å². The molecule has 260 valence electrons. The number of allylic oxidation sites excluding steroid dienone is 3. The largest absolute Gasteiger partial charge is 0.355 e. The van der Waals surface area contributed by atoms with Crippen molar-refractivity contribution in [2.45, 2.75) is 127 Å². The van der Waals surface area contributed by atoms with Crippen molar-refractivity contribution in [3.63, 3.8) is 0 Å². The molecule has 2 aromatic rings. The smallest absolute Gasteiger partial charge is 0.149 e. The fraction of sp³-hybridized carbons (Fsp3) is 0.500. The van der Waals surface area contributed by atoms with Gasteiger partial charge in [0.2, 0.25) is 0 Å². The quantitative estimate of drug-likeness (QED) is 0.184. The molecule has 0 bridgehead atoms. The summed E-state index contributed by atoms with van der Waals surface area (Å²) < 4.78 is 4.65. The van der Waals surface area contributed by atoms with Crippen LogP contribution in [-0.4, -0.2) is 23.0 Å². The van der Waals surface area contributed by atoms with E-state index in [1.807, 2.05) is 91.8 Å². The number of aromatic nitrogens is 1. The number of hydrogen-bond donors (Lipinski definition) is 1. The highest BCUT2D eigenvalue weighted by Gasteiger charge is 2.18. The van der Waals surface area contributed by atoms with Crippen LogP contribution in [0.2, 0.25) is 0 Å². The maximum absolute atomic E-state index is 5.87. The Morgan fingerprint density at radius 2 is 1.52 bits per heavy atom. The first-order valence-corrected chi connectivity index (χ1v) is 18.5. The van der Waals surface area contributed by atoms with Gasteiger partial charge >= 0.3 is 0 Å². The Kier molecular flexibility index (Phi) is 30.4. The molecule has 1 aliphatic rings. The second-order valence-electron chi connectivity index (χ2n) is 10.4. The van der Waals surface area contributed by atoms with Crippen molar-refractivity contribution in [2.75, 3.05) is 18.0 Å². The minimum Gasteiger partial charge on any atom is -0.355 e. The van der Waals surface area contributed by atoms with Gasteiger partial charge in [-0.3, -0.25) is 0 Å². The van der Waals surface area contributed by atoms with Gasteiger partial charge < -0.3 is 10.6 Å². The average molecular weight is 650 g/mol. The van der Waals surface area contributed by atoms with Gasteiger partial charge in [-0.2, -0.15) is 4.37 Å². The summed E-state index contributed by atoms with van der Waals surface area (Å²) in [6, 6.07) is 6.10. The summed E-state index contributed by atoms with van der Waals surface area (Å²) in [5.74, 6) is 1.22. The molecule has 1 heterocycles. The van der Waals surface area contributed by atoms with Crippen molar-refractivity contribution in [1.29, 1.82) is 0 Å². The monoisotopic (exact) mass is 650 g/mol. The summed E-state index contributed by atoms with van der Waals surface area (Å²) >= 11 is 1.69. The van der Waals surface area contributed by atoms with Crippen molar-refractivity contribution in [3.05, 3.63) is 94.9 Å². The summed E-state index contributed by atoms with van der Waals surface area (Å²) in [6.07, 6.45) is 19.0. The molecule has 0 spiro atoms. The highest BCUT2D eigenvalue weighted by molar-refractivity contribution is 7.06. The molecule has 1 aliphatic carbocycles. The topological polar surface area (TPSA) is 42.1 Å². The van der Waals surface area contributed by atoms with Crippen molar-refractivity contribution in [3.8, 4) is 0 Å². The Hall–Kier alpha value is -2.95. The molecule has 0 fully saturated rings. The van der Waals surface area contributed by atoms with E-state index in [-0.39, 0.29) is 5.54 Å². The van der Waals surface area contributed by atoms with E-state index in [2.05, 4.69) is 81.5 Å². The van der Waals surface area contributed by atoms with Crippen LogP contribution in [-0.2, 0) is 6.42 Å². The summed E-state index contributed by atoms with van der Waals surface area (Å²) in [7, 11) is 0. The zero-order chi connectivity index (χ0) is 36.1. The lowest BCUT2D eigenvalue weighted by atomic mass is 9.90. The van der Waals surface area contributed by atoms with Gasteiger partial charge in [-0.05, 0) is 80.6 Å². The standard InChI is InChI=1S/C15H16.C13H20N2S.C8H17N.3C2H6/c1-5-13-8-7-9-14(15(13)6-2)11-10-12(3)4;1-3-9-15(10-4-2)13-11-7-5-6-8-12(11)16-14-13;1-5-7(3)8(4,9)6-2;3*1-2/h5-11H,1-3H2,4H3;5,7H,3-4,6,8-10H2,1-2H3;3,5-6,9H2,1-2,4H3;3*1-2H3/b11-10+;;;;;. The zero-order valence-corrected chi connectivity index (χ0v) is 32.9. The molecule has 0 radical (unpaired) electrons. The molecule has 1 aromatic heterocycles. The number of nitrogens with zero attached hydrogens (tertiary/aromatic N) is 2. The maximum Gasteiger partial charge on any atom is 0.149 e. The Labute approximate surface area is 291 Å².